The molecule has 1 heterocycles. The average molecular weight is 297 g/mol. The molecule has 2 atom stereocenters. The average Bonchev–Trinajstić information content (AvgIpc) is 2.44. The number of rotatable bonds is 5. The Morgan fingerprint density at radius 1 is 1.48 bits per heavy atom. The Morgan fingerprint density at radius 2 is 2.24 bits per heavy atom. The number of hydrogen-bond donors (Lipinski definition) is 2. The zero-order chi connectivity index (χ0) is 15.5. The zero-order valence-corrected chi connectivity index (χ0v) is 13.8. The quantitative estimate of drug-likeness (QED) is 0.802. The molecule has 1 amide bonds. The van der Waals surface area contributed by atoms with Crippen LogP contribution in [0.2, 0.25) is 0 Å². The third kappa shape index (κ3) is 3.58. The van der Waals surface area contributed by atoms with Crippen LogP contribution in [0.25, 0.3) is 0 Å². The van der Waals surface area contributed by atoms with E-state index >= 15 is 0 Å². The maximum absolute atomic E-state index is 12.1. The van der Waals surface area contributed by atoms with Crippen LogP contribution in [0.1, 0.15) is 52.9 Å². The summed E-state index contributed by atoms with van der Waals surface area (Å²) in [7, 11) is 0. The van der Waals surface area contributed by atoms with Gasteiger partial charge in [0.15, 0.2) is 0 Å². The Bertz CT molecular complexity index is 373. The molecule has 21 heavy (non-hydrogen) atoms. The maximum Gasteiger partial charge on any atom is 0.237 e. The maximum atomic E-state index is 12.1. The molecule has 2 fully saturated rings. The van der Waals surface area contributed by atoms with Crippen LogP contribution >= 0.6 is 0 Å². The van der Waals surface area contributed by atoms with E-state index < -0.39 is 5.54 Å². The first kappa shape index (κ1) is 16.7. The Balaban J connectivity index is 2.12. The molecular weight excluding hydrogens is 266 g/mol. The molecule has 5 nitrogen and oxygen atoms in total. The number of nitrogens with one attached hydrogen (secondary N) is 1. The lowest BCUT2D eigenvalue weighted by Gasteiger charge is -2.51. The van der Waals surface area contributed by atoms with E-state index in [1.807, 2.05) is 0 Å². The first-order valence-corrected chi connectivity index (χ1v) is 8.31. The Hall–Kier alpha value is -0.650. The van der Waals surface area contributed by atoms with E-state index in [0.29, 0.717) is 6.04 Å². The predicted octanol–water partition coefficient (Wildman–Crippen LogP) is 1.26. The molecule has 1 aliphatic carbocycles. The first-order valence-electron chi connectivity index (χ1n) is 8.31. The molecule has 5 heteroatoms. The summed E-state index contributed by atoms with van der Waals surface area (Å²) in [6.07, 6.45) is 4.90. The Morgan fingerprint density at radius 3 is 2.86 bits per heavy atom. The highest BCUT2D eigenvalue weighted by Crippen LogP contribution is 2.35. The minimum absolute atomic E-state index is 0.0361. The van der Waals surface area contributed by atoms with Crippen LogP contribution in [0.15, 0.2) is 0 Å². The summed E-state index contributed by atoms with van der Waals surface area (Å²) in [4.78, 5) is 14.6. The number of primary amides is 1. The lowest BCUT2D eigenvalue weighted by atomic mass is 9.76. The molecule has 1 saturated carbocycles. The highest BCUT2D eigenvalue weighted by atomic mass is 16.5. The molecule has 0 aromatic carbocycles. The van der Waals surface area contributed by atoms with Gasteiger partial charge in [-0.2, -0.15) is 0 Å². The van der Waals surface area contributed by atoms with Crippen molar-refractivity contribution in [3.63, 3.8) is 0 Å². The van der Waals surface area contributed by atoms with Crippen LogP contribution in [0.5, 0.6) is 0 Å². The third-order valence-corrected chi connectivity index (χ3v) is 5.06. The third-order valence-electron chi connectivity index (χ3n) is 5.06. The minimum Gasteiger partial charge on any atom is -0.378 e. The number of hydrogen-bond acceptors (Lipinski definition) is 4. The van der Waals surface area contributed by atoms with Gasteiger partial charge < -0.3 is 15.8 Å². The number of morpholine rings is 1. The highest BCUT2D eigenvalue weighted by Gasteiger charge is 2.45. The van der Waals surface area contributed by atoms with Crippen molar-refractivity contribution in [3.05, 3.63) is 0 Å². The lowest BCUT2D eigenvalue weighted by molar-refractivity contribution is -0.129. The smallest absolute Gasteiger partial charge is 0.237 e. The van der Waals surface area contributed by atoms with E-state index in [-0.39, 0.29) is 11.4 Å². The lowest BCUT2D eigenvalue weighted by Crippen LogP contribution is -2.64. The van der Waals surface area contributed by atoms with E-state index in [1.165, 1.54) is 0 Å². The number of carbonyl (C=O) groups is 1. The monoisotopic (exact) mass is 297 g/mol. The van der Waals surface area contributed by atoms with Gasteiger partial charge in [0.1, 0.15) is 0 Å². The van der Waals surface area contributed by atoms with Crippen molar-refractivity contribution in [1.29, 1.82) is 0 Å². The summed E-state index contributed by atoms with van der Waals surface area (Å²) in [5.74, 6) is -0.188. The molecule has 2 aliphatic rings. The van der Waals surface area contributed by atoms with Crippen molar-refractivity contribution in [3.8, 4) is 0 Å². The standard InChI is InChI=1S/C16H31N3O2/c1-4-8-18-16(14(17)20)7-5-6-13(11-16)19-9-10-21-12-15(19,2)3/h13,18H,4-12H2,1-3H3,(H2,17,20). The predicted molar refractivity (Wildman–Crippen MR) is 84.1 cm³/mol. The molecule has 0 aromatic rings. The number of ether oxygens (including phenoxy) is 1. The second kappa shape index (κ2) is 6.63. The second-order valence-electron chi connectivity index (χ2n) is 7.18. The molecule has 0 bridgehead atoms. The van der Waals surface area contributed by atoms with Crippen LogP contribution in [0.3, 0.4) is 0 Å². The van der Waals surface area contributed by atoms with Crippen LogP contribution in [-0.2, 0) is 9.53 Å². The van der Waals surface area contributed by atoms with Gasteiger partial charge in [-0.3, -0.25) is 9.69 Å². The molecule has 0 radical (unpaired) electrons. The SMILES string of the molecule is CCCNC1(C(N)=O)CCCC(N2CCOCC2(C)C)C1. The molecule has 1 saturated heterocycles. The fraction of sp³-hybridized carbons (Fsp3) is 0.938. The van der Waals surface area contributed by atoms with E-state index in [1.54, 1.807) is 0 Å². The van der Waals surface area contributed by atoms with Gasteiger partial charge in [0.05, 0.1) is 18.8 Å². The molecule has 122 valence electrons. The van der Waals surface area contributed by atoms with Gasteiger partial charge in [-0.05, 0) is 52.5 Å². The molecule has 2 unspecified atom stereocenters. The Labute approximate surface area is 128 Å². The number of nitrogens with zero attached hydrogens (tertiary/aromatic N) is 1. The van der Waals surface area contributed by atoms with Gasteiger partial charge in [0.25, 0.3) is 0 Å². The largest absolute Gasteiger partial charge is 0.378 e. The fourth-order valence-corrected chi connectivity index (χ4v) is 3.89. The van der Waals surface area contributed by atoms with Crippen LogP contribution in [0.4, 0.5) is 0 Å². The van der Waals surface area contributed by atoms with E-state index in [2.05, 4.69) is 31.0 Å². The van der Waals surface area contributed by atoms with E-state index in [0.717, 1.165) is 58.4 Å². The summed E-state index contributed by atoms with van der Waals surface area (Å²) in [6.45, 7) is 9.91. The highest BCUT2D eigenvalue weighted by molar-refractivity contribution is 5.84. The van der Waals surface area contributed by atoms with Gasteiger partial charge in [-0.25, -0.2) is 0 Å². The molecule has 0 aromatic heterocycles. The van der Waals surface area contributed by atoms with Crippen LogP contribution in [0, 0.1) is 0 Å². The summed E-state index contributed by atoms with van der Waals surface area (Å²) >= 11 is 0. The van der Waals surface area contributed by atoms with Gasteiger partial charge in [0, 0.05) is 18.1 Å². The molecular formula is C16H31N3O2. The summed E-state index contributed by atoms with van der Waals surface area (Å²) in [5.41, 5.74) is 5.27. The van der Waals surface area contributed by atoms with Crippen molar-refractivity contribution in [2.45, 2.75) is 70.0 Å². The summed E-state index contributed by atoms with van der Waals surface area (Å²) in [5, 5.41) is 3.45. The van der Waals surface area contributed by atoms with Gasteiger partial charge >= 0.3 is 0 Å². The Kier molecular flexibility index (Phi) is 5.28. The van der Waals surface area contributed by atoms with Gasteiger partial charge in [-0.15, -0.1) is 0 Å². The normalized spacial score (nSPS) is 33.8. The zero-order valence-electron chi connectivity index (χ0n) is 13.8. The van der Waals surface area contributed by atoms with Crippen molar-refractivity contribution < 1.29 is 9.53 Å². The fourth-order valence-electron chi connectivity index (χ4n) is 3.89. The number of nitrogens with two attached hydrogens (primary N) is 1. The summed E-state index contributed by atoms with van der Waals surface area (Å²) < 4.78 is 5.62. The van der Waals surface area contributed by atoms with Crippen LogP contribution < -0.4 is 11.1 Å². The van der Waals surface area contributed by atoms with Crippen molar-refractivity contribution in [2.24, 2.45) is 5.73 Å². The van der Waals surface area contributed by atoms with Crippen molar-refractivity contribution >= 4 is 5.91 Å². The molecule has 1 aliphatic heterocycles. The molecule has 0 spiro atoms. The molecule has 2 rings (SSSR count). The van der Waals surface area contributed by atoms with E-state index in [9.17, 15) is 4.79 Å². The van der Waals surface area contributed by atoms with Gasteiger partial charge in [0.2, 0.25) is 5.91 Å². The topological polar surface area (TPSA) is 67.6 Å². The van der Waals surface area contributed by atoms with Crippen molar-refractivity contribution in [2.75, 3.05) is 26.3 Å². The van der Waals surface area contributed by atoms with Gasteiger partial charge in [-0.1, -0.05) is 6.92 Å². The van der Waals surface area contributed by atoms with E-state index in [4.69, 9.17) is 10.5 Å². The van der Waals surface area contributed by atoms with Crippen molar-refractivity contribution in [1.82, 2.24) is 10.2 Å². The first-order chi connectivity index (χ1) is 9.91. The number of amides is 1. The number of carbonyl (C=O) groups excluding carboxylic acids is 1. The summed E-state index contributed by atoms with van der Waals surface area (Å²) in [6, 6.07) is 0.412. The second-order valence-corrected chi connectivity index (χ2v) is 7.18. The minimum atomic E-state index is -0.521. The van der Waals surface area contributed by atoms with Crippen LogP contribution in [-0.4, -0.2) is 54.2 Å². The molecule has 3 N–H and O–H groups in total.